The van der Waals surface area contributed by atoms with Crippen LogP contribution in [0, 0.1) is 0 Å². The fraction of sp³-hybridized carbons (Fsp3) is 0. The van der Waals surface area contributed by atoms with E-state index in [9.17, 15) is 0 Å². The van der Waals surface area contributed by atoms with Crippen LogP contribution >= 0.6 is 0 Å². The molecular formula is C138H86N6. The van der Waals surface area contributed by atoms with Crippen LogP contribution in [0.3, 0.4) is 0 Å². The molecule has 6 nitrogen and oxygen atoms in total. The molecule has 0 N–H and O–H groups in total. The van der Waals surface area contributed by atoms with Crippen molar-refractivity contribution in [2.45, 2.75) is 0 Å². The lowest BCUT2D eigenvalue weighted by molar-refractivity contribution is 1.17. The average Bonchev–Trinajstić information content (AvgIpc) is 1.54. The molecule has 0 aliphatic heterocycles. The van der Waals surface area contributed by atoms with Gasteiger partial charge in [-0.1, -0.05) is 328 Å². The number of aromatic nitrogens is 6. The molecule has 0 aliphatic carbocycles. The highest BCUT2D eigenvalue weighted by atomic mass is 15.0. The van der Waals surface area contributed by atoms with Gasteiger partial charge in [0.05, 0.1) is 71.7 Å². The fourth-order valence-corrected chi connectivity index (χ4v) is 24.0. The molecule has 30 rings (SSSR count). The van der Waals surface area contributed by atoms with E-state index in [4.69, 9.17) is 0 Å². The normalized spacial score (nSPS) is 12.0. The van der Waals surface area contributed by atoms with Gasteiger partial charge < -0.3 is 27.2 Å². The Bertz CT molecular complexity index is 10500. The first-order chi connectivity index (χ1) is 71.4. The van der Waals surface area contributed by atoms with Gasteiger partial charge in [0.15, 0.2) is 0 Å². The van der Waals surface area contributed by atoms with E-state index in [0.29, 0.717) is 0 Å². The standard InChI is InChI=1S/C138H86N6/c1-5-24-87(25-6-1)89-46-60-106(61-47-89)140-127-43-18-15-38-113(127)119-80-100(54-69-131(119)140)101-55-70-132-121(82-101)122-83-103(56-71-133(122)142(132)107-62-48-90(49-63-107)88-26-7-2-8-27-88)104-58-73-135-124(85-104)123-84-102(99-53-68-130-118(79-99)112-37-14-17-42-126(112)139(130)105-34-11-4-12-35-105)57-72-134(123)143(135)109-66-75-136-125(86-109)114-39-16-19-44-128(114)141(136)108-64-50-92(51-65-108)117-78-97(52-67-110(117)91-28-9-3-10-29-91)95-32-21-30-93(76-95)94-31-22-33-96(77-94)98-59-74-137-120(81-98)116-41-23-40-115-111-36-13-20-45-129(111)144(137)138(115)116/h1-86H. The molecule has 7 aromatic heterocycles. The van der Waals surface area contributed by atoms with E-state index >= 15 is 0 Å². The highest BCUT2D eigenvalue weighted by Gasteiger charge is 2.26. The highest BCUT2D eigenvalue weighted by Crippen LogP contribution is 2.49. The zero-order chi connectivity index (χ0) is 94.3. The maximum atomic E-state index is 2.51. The fourth-order valence-electron chi connectivity index (χ4n) is 24.0. The first kappa shape index (κ1) is 80.9. The quantitative estimate of drug-likeness (QED) is 0.0979. The second-order valence-electron chi connectivity index (χ2n) is 38.6. The Morgan fingerprint density at radius 3 is 0.701 bits per heavy atom. The monoisotopic (exact) mass is 1830 g/mol. The van der Waals surface area contributed by atoms with Crippen molar-refractivity contribution < 1.29 is 0 Å². The first-order valence-electron chi connectivity index (χ1n) is 49.7. The summed E-state index contributed by atoms with van der Waals surface area (Å²) in [5, 5.41) is 17.1. The third-order valence-electron chi connectivity index (χ3n) is 30.8. The molecule has 0 fully saturated rings. The molecule has 0 amide bonds. The van der Waals surface area contributed by atoms with Gasteiger partial charge in [0, 0.05) is 104 Å². The molecule has 0 saturated carbocycles. The lowest BCUT2D eigenvalue weighted by Gasteiger charge is -2.15. The molecule has 0 radical (unpaired) electrons. The molecule has 0 atom stereocenters. The maximum Gasteiger partial charge on any atom is 0.0620 e. The van der Waals surface area contributed by atoms with Crippen molar-refractivity contribution in [2.24, 2.45) is 0 Å². The predicted molar refractivity (Wildman–Crippen MR) is 607 cm³/mol. The van der Waals surface area contributed by atoms with Gasteiger partial charge in [0.1, 0.15) is 0 Å². The number of para-hydroxylation sites is 6. The maximum absolute atomic E-state index is 2.51. The second-order valence-corrected chi connectivity index (χ2v) is 38.6. The Balaban J connectivity index is 0.533. The number of rotatable bonds is 15. The Labute approximate surface area is 829 Å². The number of hydrogen-bond donors (Lipinski definition) is 0. The van der Waals surface area contributed by atoms with E-state index < -0.39 is 0 Å². The van der Waals surface area contributed by atoms with E-state index in [0.717, 1.165) is 112 Å². The molecule has 7 heterocycles. The summed E-state index contributed by atoms with van der Waals surface area (Å²) < 4.78 is 14.7. The molecule has 668 valence electrons. The molecule has 0 spiro atoms. The van der Waals surface area contributed by atoms with Crippen molar-refractivity contribution in [1.29, 1.82) is 0 Å². The van der Waals surface area contributed by atoms with Gasteiger partial charge in [0.25, 0.3) is 0 Å². The molecule has 6 heteroatoms. The molecule has 23 aromatic carbocycles. The van der Waals surface area contributed by atoms with Crippen LogP contribution in [-0.2, 0) is 0 Å². The lowest BCUT2D eigenvalue weighted by Crippen LogP contribution is -1.96. The first-order valence-corrected chi connectivity index (χ1v) is 49.7. The minimum atomic E-state index is 1.09. The third kappa shape index (κ3) is 12.8. The lowest BCUT2D eigenvalue weighted by atomic mass is 9.90. The summed E-state index contributed by atoms with van der Waals surface area (Å²) in [6, 6.07) is 195. The molecule has 30 aromatic rings. The van der Waals surface area contributed by atoms with Crippen LogP contribution in [0.15, 0.2) is 522 Å². The summed E-state index contributed by atoms with van der Waals surface area (Å²) in [4.78, 5) is 0. The van der Waals surface area contributed by atoms with Gasteiger partial charge in [-0.3, -0.25) is 0 Å². The smallest absolute Gasteiger partial charge is 0.0620 e. The van der Waals surface area contributed by atoms with Gasteiger partial charge in [-0.2, -0.15) is 0 Å². The van der Waals surface area contributed by atoms with Crippen molar-refractivity contribution in [1.82, 2.24) is 27.2 Å². The van der Waals surface area contributed by atoms with Crippen molar-refractivity contribution >= 4 is 147 Å². The van der Waals surface area contributed by atoms with Crippen LogP contribution in [0.1, 0.15) is 0 Å². The third-order valence-corrected chi connectivity index (χ3v) is 30.8. The summed E-state index contributed by atoms with van der Waals surface area (Å²) in [6.07, 6.45) is 0. The summed E-state index contributed by atoms with van der Waals surface area (Å²) in [7, 11) is 0. The summed E-state index contributed by atoms with van der Waals surface area (Å²) in [5.41, 5.74) is 44.3. The van der Waals surface area contributed by atoms with Gasteiger partial charge >= 0.3 is 0 Å². The molecule has 0 bridgehead atoms. The minimum absolute atomic E-state index is 1.09. The summed E-state index contributed by atoms with van der Waals surface area (Å²) in [6.45, 7) is 0. The van der Waals surface area contributed by atoms with Crippen molar-refractivity contribution in [2.75, 3.05) is 0 Å². The van der Waals surface area contributed by atoms with Gasteiger partial charge in [-0.05, 0) is 305 Å². The topological polar surface area (TPSA) is 29.1 Å². The number of nitrogens with zero attached hydrogens (tertiary/aromatic N) is 6. The van der Waals surface area contributed by atoms with Crippen LogP contribution in [0.25, 0.3) is 287 Å². The zero-order valence-electron chi connectivity index (χ0n) is 78.3. The Kier molecular flexibility index (Phi) is 18.1. The molecule has 0 aliphatic rings. The SMILES string of the molecule is c1ccc(-c2ccc(-n3c4ccccc4c4cc(-c5ccc6c(c5)c5cc(-c7ccc8c(c7)c7cc(-c9ccc%10c(c9)c9ccccc9n%10-c9ccccc9)ccc7n8-c7ccc8c(c7)c7ccccc7n8-c7ccc(-c8cc(-c9cccc(-c%10cccc(-c%11ccc%12c(c%11)c%11cccc%13c%14ccccc%14n%12c%13%11)c%10)c9)ccc8-c8ccccc8)cc7)ccc5n6-c5ccc(-c6ccccc6)cc5)ccc43)cc2)cc1. The van der Waals surface area contributed by atoms with Crippen LogP contribution < -0.4 is 0 Å². The minimum Gasteiger partial charge on any atom is -0.309 e. The van der Waals surface area contributed by atoms with Crippen molar-refractivity contribution in [3.8, 4) is 140 Å². The van der Waals surface area contributed by atoms with Crippen LogP contribution in [-0.4, -0.2) is 27.2 Å². The van der Waals surface area contributed by atoms with Crippen LogP contribution in [0.2, 0.25) is 0 Å². The summed E-state index contributed by atoms with van der Waals surface area (Å²) in [5.74, 6) is 0. The van der Waals surface area contributed by atoms with Crippen molar-refractivity contribution in [3.05, 3.63) is 522 Å². The Morgan fingerprint density at radius 1 is 0.0972 bits per heavy atom. The molecule has 0 unspecified atom stereocenters. The molecular weight excluding hydrogens is 1740 g/mol. The predicted octanol–water partition coefficient (Wildman–Crippen LogP) is 37.0. The van der Waals surface area contributed by atoms with Crippen LogP contribution in [0.5, 0.6) is 0 Å². The summed E-state index contributed by atoms with van der Waals surface area (Å²) >= 11 is 0. The zero-order valence-corrected chi connectivity index (χ0v) is 78.3. The average molecular weight is 1830 g/mol. The van der Waals surface area contributed by atoms with E-state index in [2.05, 4.69) is 549 Å². The van der Waals surface area contributed by atoms with E-state index in [-0.39, 0.29) is 0 Å². The number of benzene rings is 23. The van der Waals surface area contributed by atoms with Crippen molar-refractivity contribution in [3.63, 3.8) is 0 Å². The van der Waals surface area contributed by atoms with Gasteiger partial charge in [-0.25, -0.2) is 0 Å². The van der Waals surface area contributed by atoms with E-state index in [1.54, 1.807) is 0 Å². The second kappa shape index (κ2) is 32.2. The molecule has 144 heavy (non-hydrogen) atoms. The number of fused-ring (bicyclic) bond motifs is 21. The largest absolute Gasteiger partial charge is 0.309 e. The van der Waals surface area contributed by atoms with Gasteiger partial charge in [0.2, 0.25) is 0 Å². The van der Waals surface area contributed by atoms with E-state index in [1.165, 1.54) is 175 Å². The highest BCUT2D eigenvalue weighted by molar-refractivity contribution is 6.24. The molecule has 0 saturated heterocycles. The van der Waals surface area contributed by atoms with Crippen LogP contribution in [0.4, 0.5) is 0 Å². The van der Waals surface area contributed by atoms with E-state index in [1.807, 2.05) is 0 Å². The Hall–Kier alpha value is -19.1. The Morgan fingerprint density at radius 2 is 0.306 bits per heavy atom. The number of hydrogen-bond acceptors (Lipinski definition) is 0. The van der Waals surface area contributed by atoms with Gasteiger partial charge in [-0.15, -0.1) is 0 Å².